The van der Waals surface area contributed by atoms with Crippen molar-refractivity contribution in [3.63, 3.8) is 0 Å². The van der Waals surface area contributed by atoms with Crippen molar-refractivity contribution in [1.29, 1.82) is 0 Å². The maximum Gasteiger partial charge on any atom is 0.264 e. The Morgan fingerprint density at radius 1 is 0.795 bits per heavy atom. The second-order valence-corrected chi connectivity index (χ2v) is 13.6. The number of hydrogen-bond donors (Lipinski definition) is 1. The zero-order valence-electron chi connectivity index (χ0n) is 25.2. The summed E-state index contributed by atoms with van der Waals surface area (Å²) in [5.41, 5.74) is 3.11. The molecule has 0 saturated heterocycles. The minimum Gasteiger partial charge on any atom is -0.355 e. The number of hydrogen-bond acceptors (Lipinski definition) is 4. The normalized spacial score (nSPS) is 12.0. The van der Waals surface area contributed by atoms with Gasteiger partial charge in [0.2, 0.25) is 11.8 Å². The van der Waals surface area contributed by atoms with E-state index in [1.165, 1.54) is 17.0 Å². The lowest BCUT2D eigenvalue weighted by Crippen LogP contribution is -2.53. The zero-order valence-corrected chi connectivity index (χ0v) is 27.6. The monoisotopic (exact) mass is 675 g/mol. The molecule has 0 aliphatic carbocycles. The van der Waals surface area contributed by atoms with E-state index in [2.05, 4.69) is 35.1 Å². The van der Waals surface area contributed by atoms with Crippen LogP contribution in [0.5, 0.6) is 0 Å². The molecule has 0 aliphatic rings. The minimum absolute atomic E-state index is 0.0738. The predicted octanol–water partition coefficient (Wildman–Crippen LogP) is 6.54. The van der Waals surface area contributed by atoms with Crippen LogP contribution in [0.25, 0.3) is 0 Å². The third-order valence-electron chi connectivity index (χ3n) is 7.35. The van der Waals surface area contributed by atoms with E-state index in [1.54, 1.807) is 30.3 Å². The molecule has 2 amide bonds. The number of nitrogens with one attached hydrogen (secondary N) is 1. The fraction of sp³-hybridized carbons (Fsp3) is 0.257. The van der Waals surface area contributed by atoms with E-state index in [0.29, 0.717) is 12.2 Å². The van der Waals surface area contributed by atoms with Crippen molar-refractivity contribution in [1.82, 2.24) is 10.2 Å². The molecule has 4 rings (SSSR count). The van der Waals surface area contributed by atoms with E-state index in [9.17, 15) is 18.0 Å². The van der Waals surface area contributed by atoms with Crippen LogP contribution in [-0.2, 0) is 32.6 Å². The van der Waals surface area contributed by atoms with Gasteiger partial charge in [-0.1, -0.05) is 103 Å². The van der Waals surface area contributed by atoms with Crippen molar-refractivity contribution < 1.29 is 18.0 Å². The van der Waals surface area contributed by atoms with Crippen LogP contribution in [0.15, 0.2) is 119 Å². The van der Waals surface area contributed by atoms with Crippen LogP contribution in [-0.4, -0.2) is 44.3 Å². The smallest absolute Gasteiger partial charge is 0.264 e. The van der Waals surface area contributed by atoms with Gasteiger partial charge in [-0.25, -0.2) is 8.42 Å². The number of likely N-dealkylation sites (N-methyl/N-ethyl adjacent to an activating group) is 1. The SMILES string of the molecule is CCNC(=O)C(Cc1ccccc1)N(Cc1ccc(Br)cc1)C(=O)CN(c1ccc(C(C)C)cc1)S(=O)(=O)c1ccccc1. The van der Waals surface area contributed by atoms with Crippen LogP contribution in [0.1, 0.15) is 43.4 Å². The van der Waals surface area contributed by atoms with Gasteiger partial charge in [0.05, 0.1) is 10.6 Å². The molecule has 0 aliphatic heterocycles. The van der Waals surface area contributed by atoms with Crippen LogP contribution in [0, 0.1) is 0 Å². The highest BCUT2D eigenvalue weighted by Crippen LogP contribution is 2.27. The Bertz CT molecular complexity index is 1630. The summed E-state index contributed by atoms with van der Waals surface area (Å²) < 4.78 is 30.2. The molecule has 1 unspecified atom stereocenters. The molecule has 0 fully saturated rings. The number of halogens is 1. The van der Waals surface area contributed by atoms with E-state index < -0.39 is 28.5 Å². The molecule has 44 heavy (non-hydrogen) atoms. The quantitative estimate of drug-likeness (QED) is 0.174. The molecular formula is C35H38BrN3O4S. The Hall–Kier alpha value is -3.95. The van der Waals surface area contributed by atoms with E-state index >= 15 is 0 Å². The highest BCUT2D eigenvalue weighted by Gasteiger charge is 2.34. The van der Waals surface area contributed by atoms with E-state index in [0.717, 1.165) is 25.5 Å². The second kappa shape index (κ2) is 15.2. The molecule has 230 valence electrons. The maximum absolute atomic E-state index is 14.4. The van der Waals surface area contributed by atoms with Gasteiger partial charge in [-0.2, -0.15) is 0 Å². The van der Waals surface area contributed by atoms with Crippen molar-refractivity contribution in [2.24, 2.45) is 0 Å². The average molecular weight is 677 g/mol. The lowest BCUT2D eigenvalue weighted by molar-refractivity contribution is -0.140. The summed E-state index contributed by atoms with van der Waals surface area (Å²) in [6.45, 7) is 5.97. The van der Waals surface area contributed by atoms with Gasteiger partial charge in [-0.05, 0) is 65.9 Å². The highest BCUT2D eigenvalue weighted by atomic mass is 79.9. The van der Waals surface area contributed by atoms with Gasteiger partial charge in [0.15, 0.2) is 0 Å². The summed E-state index contributed by atoms with van der Waals surface area (Å²) in [6.07, 6.45) is 0.267. The van der Waals surface area contributed by atoms with E-state index in [1.807, 2.05) is 73.7 Å². The van der Waals surface area contributed by atoms with Gasteiger partial charge in [0.25, 0.3) is 10.0 Å². The predicted molar refractivity (Wildman–Crippen MR) is 179 cm³/mol. The molecular weight excluding hydrogens is 638 g/mol. The number of rotatable bonds is 13. The Morgan fingerprint density at radius 2 is 1.39 bits per heavy atom. The van der Waals surface area contributed by atoms with Crippen LogP contribution in [0.2, 0.25) is 0 Å². The Kier molecular flexibility index (Phi) is 11.4. The Morgan fingerprint density at radius 3 is 1.95 bits per heavy atom. The van der Waals surface area contributed by atoms with Gasteiger partial charge in [-0.15, -0.1) is 0 Å². The van der Waals surface area contributed by atoms with Crippen LogP contribution in [0.4, 0.5) is 5.69 Å². The van der Waals surface area contributed by atoms with Gasteiger partial charge in [0, 0.05) is 24.0 Å². The molecule has 0 spiro atoms. The molecule has 7 nitrogen and oxygen atoms in total. The fourth-order valence-corrected chi connectivity index (χ4v) is 6.61. The van der Waals surface area contributed by atoms with Crippen molar-refractivity contribution in [2.75, 3.05) is 17.4 Å². The lowest BCUT2D eigenvalue weighted by Gasteiger charge is -2.34. The van der Waals surface area contributed by atoms with Crippen molar-refractivity contribution in [3.05, 3.63) is 130 Å². The lowest BCUT2D eigenvalue weighted by atomic mass is 10.0. The highest BCUT2D eigenvalue weighted by molar-refractivity contribution is 9.10. The summed E-state index contributed by atoms with van der Waals surface area (Å²) >= 11 is 3.46. The fourth-order valence-electron chi connectivity index (χ4n) is 4.91. The van der Waals surface area contributed by atoms with E-state index in [4.69, 9.17) is 0 Å². The first-order chi connectivity index (χ1) is 21.1. The summed E-state index contributed by atoms with van der Waals surface area (Å²) in [5.74, 6) is -0.546. The summed E-state index contributed by atoms with van der Waals surface area (Å²) in [7, 11) is -4.13. The van der Waals surface area contributed by atoms with Crippen LogP contribution < -0.4 is 9.62 Å². The van der Waals surface area contributed by atoms with Gasteiger partial charge < -0.3 is 10.2 Å². The van der Waals surface area contributed by atoms with Gasteiger partial charge in [0.1, 0.15) is 12.6 Å². The van der Waals surface area contributed by atoms with Crippen molar-refractivity contribution in [3.8, 4) is 0 Å². The number of carbonyl (C=O) groups excluding carboxylic acids is 2. The van der Waals surface area contributed by atoms with Crippen molar-refractivity contribution >= 4 is 43.5 Å². The molecule has 0 bridgehead atoms. The summed E-state index contributed by atoms with van der Waals surface area (Å²) in [4.78, 5) is 29.6. The number of amides is 2. The molecule has 4 aromatic rings. The first kappa shape index (κ1) is 33.0. The van der Waals surface area contributed by atoms with Gasteiger partial charge >= 0.3 is 0 Å². The maximum atomic E-state index is 14.4. The molecule has 1 N–H and O–H groups in total. The summed E-state index contributed by atoms with van der Waals surface area (Å²) in [5, 5.41) is 2.88. The Balaban J connectivity index is 1.79. The van der Waals surface area contributed by atoms with E-state index in [-0.39, 0.29) is 29.7 Å². The third kappa shape index (κ3) is 8.36. The van der Waals surface area contributed by atoms with Crippen molar-refractivity contribution in [2.45, 2.75) is 50.6 Å². The van der Waals surface area contributed by atoms with Gasteiger partial charge in [-0.3, -0.25) is 13.9 Å². The standard InChI is InChI=1S/C35H38BrN3O4S/c1-4-37-35(41)33(23-27-11-7-5-8-12-27)38(24-28-15-19-30(36)20-16-28)34(40)25-39(31-21-17-29(18-22-31)26(2)3)44(42,43)32-13-9-6-10-14-32/h5-22,26,33H,4,23-25H2,1-3H3,(H,37,41). The molecule has 9 heteroatoms. The number of anilines is 1. The first-order valence-electron chi connectivity index (χ1n) is 14.6. The average Bonchev–Trinajstić information content (AvgIpc) is 3.03. The third-order valence-corrected chi connectivity index (χ3v) is 9.66. The number of sulfonamides is 1. The summed E-state index contributed by atoms with van der Waals surface area (Å²) in [6, 6.07) is 31.4. The molecule has 0 aromatic heterocycles. The molecule has 0 saturated carbocycles. The zero-order chi connectivity index (χ0) is 31.7. The number of nitrogens with zero attached hydrogens (tertiary/aromatic N) is 2. The molecule has 4 aromatic carbocycles. The molecule has 1 atom stereocenters. The van der Waals surface area contributed by atoms with Crippen LogP contribution in [0.3, 0.4) is 0 Å². The molecule has 0 heterocycles. The first-order valence-corrected chi connectivity index (χ1v) is 16.9. The minimum atomic E-state index is -4.13. The van der Waals surface area contributed by atoms with Crippen LogP contribution >= 0.6 is 15.9 Å². The second-order valence-electron chi connectivity index (χ2n) is 10.8. The largest absolute Gasteiger partial charge is 0.355 e. The molecule has 0 radical (unpaired) electrons. The number of benzene rings is 4. The number of carbonyl (C=O) groups is 2. The topological polar surface area (TPSA) is 86.8 Å². The Labute approximate surface area is 269 Å².